The fourth-order valence-electron chi connectivity index (χ4n) is 3.63. The third-order valence-electron chi connectivity index (χ3n) is 5.70. The van der Waals surface area contributed by atoms with Gasteiger partial charge in [-0.05, 0) is 56.5 Å². The quantitative estimate of drug-likeness (QED) is 0.212. The second kappa shape index (κ2) is 16.5. The molecular weight excluding hydrogens is 511 g/mol. The van der Waals surface area contributed by atoms with E-state index in [2.05, 4.69) is 55.7 Å². The van der Waals surface area contributed by atoms with Gasteiger partial charge < -0.3 is 44.1 Å². The number of aromatic nitrogens is 1. The van der Waals surface area contributed by atoms with Crippen LogP contribution >= 0.6 is 0 Å². The van der Waals surface area contributed by atoms with Crippen molar-refractivity contribution in [3.63, 3.8) is 0 Å². The molecular formula is C25H35Cl2N3O2Zn. The summed E-state index contributed by atoms with van der Waals surface area (Å²) < 4.78 is 11.9. The molecule has 8 heteroatoms. The number of hydrogen-bond acceptors (Lipinski definition) is 5. The van der Waals surface area contributed by atoms with Gasteiger partial charge >= 0.3 is 19.5 Å². The largest absolute Gasteiger partial charge is 2.00 e. The van der Waals surface area contributed by atoms with E-state index in [1.165, 1.54) is 0 Å². The van der Waals surface area contributed by atoms with Crippen molar-refractivity contribution in [2.24, 2.45) is 0 Å². The van der Waals surface area contributed by atoms with Gasteiger partial charge in [-0.25, -0.2) is 4.98 Å². The van der Waals surface area contributed by atoms with Gasteiger partial charge in [-0.1, -0.05) is 27.7 Å². The third-order valence-corrected chi connectivity index (χ3v) is 5.70. The molecule has 0 atom stereocenters. The Bertz CT molecular complexity index is 880. The molecule has 33 heavy (non-hydrogen) atoms. The number of ether oxygens (including phenoxy) is 2. The summed E-state index contributed by atoms with van der Waals surface area (Å²) in [7, 11) is 0. The van der Waals surface area contributed by atoms with Crippen LogP contribution in [0.5, 0.6) is 11.5 Å². The average molecular weight is 546 g/mol. The van der Waals surface area contributed by atoms with Gasteiger partial charge in [0, 0.05) is 36.0 Å². The fraction of sp³-hybridized carbons (Fsp3) is 0.480. The maximum Gasteiger partial charge on any atom is 2.00 e. The van der Waals surface area contributed by atoms with Crippen LogP contribution in [0.4, 0.5) is 0 Å². The average Bonchev–Trinajstić information content (AvgIpc) is 2.78. The van der Waals surface area contributed by atoms with Gasteiger partial charge in [0.25, 0.3) is 0 Å². The Balaban J connectivity index is 0.00000341. The van der Waals surface area contributed by atoms with E-state index >= 15 is 0 Å². The second-order valence-electron chi connectivity index (χ2n) is 7.45. The van der Waals surface area contributed by atoms with Gasteiger partial charge in [0.05, 0.1) is 11.0 Å². The first-order valence-corrected chi connectivity index (χ1v) is 11.2. The van der Waals surface area contributed by atoms with E-state index in [4.69, 9.17) is 14.5 Å². The summed E-state index contributed by atoms with van der Waals surface area (Å²) in [5.74, 6) is 1.74. The normalized spacial score (nSPS) is 10.6. The standard InChI is InChI=1S/C25H35N3O2.2ClH.Zn/c1-5-27(6-2)13-15-29-22-11-9-20-17-21-10-12-23(19-25(21)26-24(20)18-22)30-16-14-28(7-3)8-4;;;/h9-12,17-19H,5-8,13-16H2,1-4H3;2*1H;/q;;;+2/p-2. The van der Waals surface area contributed by atoms with Gasteiger partial charge in [-0.15, -0.1) is 0 Å². The molecule has 3 rings (SSSR count). The molecule has 0 amide bonds. The number of nitrogens with zero attached hydrogens (tertiary/aromatic N) is 3. The van der Waals surface area contributed by atoms with Gasteiger partial charge in [0.1, 0.15) is 24.7 Å². The molecule has 0 N–H and O–H groups in total. The molecule has 2 aromatic carbocycles. The number of hydrogen-bond donors (Lipinski definition) is 0. The molecule has 3 aromatic rings. The minimum Gasteiger partial charge on any atom is -1.00 e. The number of pyridine rings is 1. The van der Waals surface area contributed by atoms with E-state index in [0.717, 1.165) is 72.6 Å². The van der Waals surface area contributed by atoms with Crippen molar-refractivity contribution in [2.75, 3.05) is 52.5 Å². The van der Waals surface area contributed by atoms with Crippen molar-refractivity contribution in [3.05, 3.63) is 42.5 Å². The molecule has 5 nitrogen and oxygen atoms in total. The second-order valence-corrected chi connectivity index (χ2v) is 7.45. The SMILES string of the molecule is CCN(CC)CCOc1ccc2cc3ccc(OCCN(CC)CC)cc3nc2c1.[Cl-].[Cl-].[Zn+2]. The van der Waals surface area contributed by atoms with E-state index in [9.17, 15) is 0 Å². The smallest absolute Gasteiger partial charge is 1.00 e. The predicted molar refractivity (Wildman–Crippen MR) is 126 cm³/mol. The van der Waals surface area contributed by atoms with E-state index in [1.54, 1.807) is 0 Å². The van der Waals surface area contributed by atoms with Crippen molar-refractivity contribution < 1.29 is 53.8 Å². The number of fused-ring (bicyclic) bond motifs is 2. The Morgan fingerprint density at radius 1 is 0.636 bits per heavy atom. The topological polar surface area (TPSA) is 37.8 Å². The molecule has 0 aliphatic rings. The zero-order valence-corrected chi connectivity index (χ0v) is 24.8. The van der Waals surface area contributed by atoms with E-state index in [0.29, 0.717) is 13.2 Å². The molecule has 1 heterocycles. The van der Waals surface area contributed by atoms with Gasteiger partial charge in [0.2, 0.25) is 0 Å². The fourth-order valence-corrected chi connectivity index (χ4v) is 3.63. The summed E-state index contributed by atoms with van der Waals surface area (Å²) in [5.41, 5.74) is 1.89. The maximum absolute atomic E-state index is 5.97. The van der Waals surface area contributed by atoms with Crippen molar-refractivity contribution in [1.29, 1.82) is 0 Å². The first-order valence-electron chi connectivity index (χ1n) is 11.2. The van der Waals surface area contributed by atoms with Crippen LogP contribution in [0, 0.1) is 0 Å². The third kappa shape index (κ3) is 9.18. The van der Waals surface area contributed by atoms with E-state index < -0.39 is 0 Å². The minimum absolute atomic E-state index is 0. The summed E-state index contributed by atoms with van der Waals surface area (Å²) in [6.07, 6.45) is 0. The van der Waals surface area contributed by atoms with E-state index in [1.807, 2.05) is 24.3 Å². The molecule has 0 aliphatic heterocycles. The van der Waals surface area contributed by atoms with Crippen LogP contribution in [0.3, 0.4) is 0 Å². The van der Waals surface area contributed by atoms with Gasteiger partial charge in [-0.3, -0.25) is 0 Å². The number of rotatable bonds is 12. The number of likely N-dealkylation sites (N-methyl/N-ethyl adjacent to an activating group) is 2. The number of benzene rings is 2. The van der Waals surface area contributed by atoms with Crippen molar-refractivity contribution in [1.82, 2.24) is 14.8 Å². The molecule has 178 valence electrons. The molecule has 1 aromatic heterocycles. The molecule has 0 unspecified atom stereocenters. The molecule has 0 saturated carbocycles. The van der Waals surface area contributed by atoms with Crippen LogP contribution in [-0.4, -0.2) is 67.3 Å². The summed E-state index contributed by atoms with van der Waals surface area (Å²) in [6.45, 7) is 16.1. The van der Waals surface area contributed by atoms with Crippen LogP contribution in [0.2, 0.25) is 0 Å². The van der Waals surface area contributed by atoms with Crippen molar-refractivity contribution in [2.45, 2.75) is 27.7 Å². The molecule has 0 spiro atoms. The van der Waals surface area contributed by atoms with Crippen LogP contribution in [0.25, 0.3) is 21.8 Å². The molecule has 0 radical (unpaired) electrons. The molecule has 0 fully saturated rings. The zero-order chi connectivity index (χ0) is 21.3. The predicted octanol–water partition coefficient (Wildman–Crippen LogP) is -1.17. The Hall–Kier alpha value is -1.17. The van der Waals surface area contributed by atoms with Crippen molar-refractivity contribution >= 4 is 21.8 Å². The summed E-state index contributed by atoms with van der Waals surface area (Å²) >= 11 is 0. The summed E-state index contributed by atoms with van der Waals surface area (Å²) in [5, 5.41) is 2.24. The Morgan fingerprint density at radius 3 is 1.39 bits per heavy atom. The minimum atomic E-state index is 0. The maximum atomic E-state index is 5.97. The Kier molecular flexibility index (Phi) is 15.9. The van der Waals surface area contributed by atoms with Crippen molar-refractivity contribution in [3.8, 4) is 11.5 Å². The number of halogens is 2. The molecule has 0 saturated heterocycles. The molecule has 0 aliphatic carbocycles. The summed E-state index contributed by atoms with van der Waals surface area (Å²) in [4.78, 5) is 9.58. The van der Waals surface area contributed by atoms with Crippen LogP contribution in [0.15, 0.2) is 42.5 Å². The van der Waals surface area contributed by atoms with Gasteiger partial charge in [0.15, 0.2) is 0 Å². The Labute approximate surface area is 223 Å². The first kappa shape index (κ1) is 31.8. The monoisotopic (exact) mass is 543 g/mol. The van der Waals surface area contributed by atoms with E-state index in [-0.39, 0.29) is 44.3 Å². The summed E-state index contributed by atoms with van der Waals surface area (Å²) in [6, 6.07) is 14.5. The van der Waals surface area contributed by atoms with Crippen LogP contribution in [-0.2, 0) is 19.5 Å². The zero-order valence-electron chi connectivity index (χ0n) is 20.3. The first-order chi connectivity index (χ1) is 14.7. The van der Waals surface area contributed by atoms with Crippen LogP contribution < -0.4 is 34.3 Å². The van der Waals surface area contributed by atoms with Gasteiger partial charge in [-0.2, -0.15) is 0 Å². The van der Waals surface area contributed by atoms with Crippen LogP contribution in [0.1, 0.15) is 27.7 Å². The molecule has 0 bridgehead atoms. The Morgan fingerprint density at radius 2 is 1.03 bits per heavy atom.